The minimum atomic E-state index is -4.47. The highest BCUT2D eigenvalue weighted by Gasteiger charge is 2.33. The van der Waals surface area contributed by atoms with E-state index < -0.39 is 23.6 Å². The molecule has 0 bridgehead atoms. The molecule has 18 heavy (non-hydrogen) atoms. The van der Waals surface area contributed by atoms with Crippen LogP contribution in [-0.4, -0.2) is 22.1 Å². The van der Waals surface area contributed by atoms with Crippen LogP contribution >= 0.6 is 0 Å². The minimum Gasteiger partial charge on any atom is -0.278 e. The van der Waals surface area contributed by atoms with Crippen molar-refractivity contribution in [3.8, 4) is 0 Å². The number of benzene rings is 1. The predicted molar refractivity (Wildman–Crippen MR) is 53.1 cm³/mol. The fourth-order valence-electron chi connectivity index (χ4n) is 1.51. The maximum absolute atomic E-state index is 12.3. The Kier molecular flexibility index (Phi) is 2.70. The number of carbonyl (C=O) groups is 2. The van der Waals surface area contributed by atoms with E-state index in [1.54, 1.807) is 0 Å². The lowest BCUT2D eigenvalue weighted by molar-refractivity contribution is -0.168. The van der Waals surface area contributed by atoms with Gasteiger partial charge >= 0.3 is 6.18 Å². The van der Waals surface area contributed by atoms with Crippen molar-refractivity contribution in [2.45, 2.75) is 6.18 Å². The monoisotopic (exact) mass is 257 g/mol. The number of nitrogens with zero attached hydrogens (tertiary/aromatic N) is 1. The summed E-state index contributed by atoms with van der Waals surface area (Å²) in [5, 5.41) is 8.89. The molecule has 1 aromatic carbocycles. The zero-order valence-electron chi connectivity index (χ0n) is 8.73. The van der Waals surface area contributed by atoms with Crippen LogP contribution in [0.5, 0.6) is 0 Å². The van der Waals surface area contributed by atoms with E-state index in [1.165, 1.54) is 0 Å². The van der Waals surface area contributed by atoms with Crippen molar-refractivity contribution in [1.82, 2.24) is 5.06 Å². The fraction of sp³-hybridized carbons (Fsp3) is 0.0909. The van der Waals surface area contributed by atoms with Crippen molar-refractivity contribution in [2.24, 2.45) is 0 Å². The Morgan fingerprint density at radius 1 is 1.06 bits per heavy atom. The molecule has 0 unspecified atom stereocenters. The number of hydroxylamine groups is 2. The summed E-state index contributed by atoms with van der Waals surface area (Å²) in [5.74, 6) is -1.88. The van der Waals surface area contributed by atoms with Gasteiger partial charge in [-0.15, -0.1) is 5.06 Å². The Hall–Kier alpha value is -2.15. The number of amides is 2. The molecule has 2 rings (SSSR count). The molecule has 94 valence electrons. The van der Waals surface area contributed by atoms with Crippen molar-refractivity contribution in [1.29, 1.82) is 0 Å². The maximum Gasteiger partial charge on any atom is 0.416 e. The second-order valence-corrected chi connectivity index (χ2v) is 3.59. The quantitative estimate of drug-likeness (QED) is 0.617. The first-order chi connectivity index (χ1) is 8.30. The van der Waals surface area contributed by atoms with Crippen LogP contribution in [0.3, 0.4) is 0 Å². The van der Waals surface area contributed by atoms with Crippen LogP contribution in [0.2, 0.25) is 0 Å². The molecule has 1 heterocycles. The van der Waals surface area contributed by atoms with E-state index in [2.05, 4.69) is 0 Å². The Morgan fingerprint density at radius 3 is 2.00 bits per heavy atom. The van der Waals surface area contributed by atoms with Gasteiger partial charge in [0.25, 0.3) is 11.8 Å². The average molecular weight is 257 g/mol. The molecule has 1 N–H and O–H groups in total. The van der Waals surface area contributed by atoms with Crippen molar-refractivity contribution < 1.29 is 28.0 Å². The van der Waals surface area contributed by atoms with E-state index in [-0.39, 0.29) is 16.2 Å². The van der Waals surface area contributed by atoms with Gasteiger partial charge in [0.1, 0.15) is 0 Å². The van der Waals surface area contributed by atoms with Gasteiger partial charge in [0.05, 0.1) is 11.1 Å². The molecule has 2 amide bonds. The van der Waals surface area contributed by atoms with Gasteiger partial charge in [-0.1, -0.05) is 12.1 Å². The van der Waals surface area contributed by atoms with Gasteiger partial charge < -0.3 is 0 Å². The van der Waals surface area contributed by atoms with Crippen molar-refractivity contribution in [3.05, 3.63) is 41.5 Å². The second-order valence-electron chi connectivity index (χ2n) is 3.59. The van der Waals surface area contributed by atoms with Gasteiger partial charge in [-0.05, 0) is 17.7 Å². The molecule has 0 aliphatic carbocycles. The number of rotatable bonds is 1. The number of halogens is 3. The van der Waals surface area contributed by atoms with E-state index in [1.807, 2.05) is 0 Å². The average Bonchev–Trinajstić information content (AvgIpc) is 2.56. The Morgan fingerprint density at radius 2 is 1.61 bits per heavy atom. The van der Waals surface area contributed by atoms with E-state index >= 15 is 0 Å². The van der Waals surface area contributed by atoms with Gasteiger partial charge in [0.15, 0.2) is 0 Å². The summed E-state index contributed by atoms with van der Waals surface area (Å²) in [6.07, 6.45) is -3.60. The molecule has 0 saturated carbocycles. The third kappa shape index (κ3) is 2.00. The first-order valence-corrected chi connectivity index (χ1v) is 4.77. The first-order valence-electron chi connectivity index (χ1n) is 4.77. The van der Waals surface area contributed by atoms with Crippen molar-refractivity contribution in [3.63, 3.8) is 0 Å². The molecule has 0 aromatic heterocycles. The van der Waals surface area contributed by atoms with Gasteiger partial charge in [-0.3, -0.25) is 14.8 Å². The maximum atomic E-state index is 12.3. The Balaban J connectivity index is 2.35. The molecule has 0 radical (unpaired) electrons. The van der Waals surface area contributed by atoms with Crippen LogP contribution in [0, 0.1) is 0 Å². The second kappa shape index (κ2) is 3.95. The number of imide groups is 1. The summed E-state index contributed by atoms with van der Waals surface area (Å²) in [4.78, 5) is 22.4. The summed E-state index contributed by atoms with van der Waals surface area (Å²) in [6, 6.07) is 3.74. The van der Waals surface area contributed by atoms with E-state index in [0.29, 0.717) is 0 Å². The lowest BCUT2D eigenvalue weighted by Crippen LogP contribution is -2.26. The summed E-state index contributed by atoms with van der Waals surface area (Å²) in [5.41, 5.74) is -0.862. The molecule has 0 spiro atoms. The number of hydrogen-bond acceptors (Lipinski definition) is 3. The third-order valence-electron chi connectivity index (χ3n) is 2.42. The topological polar surface area (TPSA) is 57.6 Å². The third-order valence-corrected chi connectivity index (χ3v) is 2.42. The van der Waals surface area contributed by atoms with Crippen molar-refractivity contribution >= 4 is 17.4 Å². The normalized spacial score (nSPS) is 16.2. The summed E-state index contributed by atoms with van der Waals surface area (Å²) < 4.78 is 36.9. The molecule has 0 atom stereocenters. The SMILES string of the molecule is O=C1C=C(c2ccc(C(F)(F)F)cc2)C(=O)N1O. The molecule has 1 aliphatic heterocycles. The van der Waals surface area contributed by atoms with E-state index in [0.717, 1.165) is 30.3 Å². The zero-order valence-corrected chi connectivity index (χ0v) is 8.73. The van der Waals surface area contributed by atoms with E-state index in [4.69, 9.17) is 5.21 Å². The number of carbonyl (C=O) groups excluding carboxylic acids is 2. The highest BCUT2D eigenvalue weighted by Crippen LogP contribution is 2.31. The van der Waals surface area contributed by atoms with Gasteiger partial charge in [-0.2, -0.15) is 13.2 Å². The van der Waals surface area contributed by atoms with Crippen LogP contribution in [0.1, 0.15) is 11.1 Å². The van der Waals surface area contributed by atoms with Crippen LogP contribution < -0.4 is 0 Å². The molecule has 1 aliphatic rings. The summed E-state index contributed by atoms with van der Waals surface area (Å²) >= 11 is 0. The Labute approximate surface area is 98.9 Å². The van der Waals surface area contributed by atoms with Gasteiger partial charge in [-0.25, -0.2) is 0 Å². The number of hydrogen-bond donors (Lipinski definition) is 1. The molecule has 0 saturated heterocycles. The standard InChI is InChI=1S/C11H6F3NO3/c12-11(13,14)7-3-1-6(2-4-7)8-5-9(16)15(18)10(8)17/h1-5,18H. The predicted octanol–water partition coefficient (Wildman–Crippen LogP) is 1.85. The minimum absolute atomic E-state index is 0.0903. The summed E-state index contributed by atoms with van der Waals surface area (Å²) in [7, 11) is 0. The van der Waals surface area contributed by atoms with Gasteiger partial charge in [0, 0.05) is 6.08 Å². The Bertz CT molecular complexity index is 546. The fourth-order valence-corrected chi connectivity index (χ4v) is 1.51. The zero-order chi connectivity index (χ0) is 13.5. The number of alkyl halides is 3. The molecule has 1 aromatic rings. The van der Waals surface area contributed by atoms with Crippen molar-refractivity contribution in [2.75, 3.05) is 0 Å². The van der Waals surface area contributed by atoms with Crippen LogP contribution in [0.4, 0.5) is 13.2 Å². The van der Waals surface area contributed by atoms with Crippen LogP contribution in [0.25, 0.3) is 5.57 Å². The lowest BCUT2D eigenvalue weighted by atomic mass is 10.0. The summed E-state index contributed by atoms with van der Waals surface area (Å²) in [6.45, 7) is 0. The molecular formula is C11H6F3NO3. The highest BCUT2D eigenvalue weighted by molar-refractivity contribution is 6.32. The largest absolute Gasteiger partial charge is 0.416 e. The molecule has 0 fully saturated rings. The molecule has 7 heteroatoms. The van der Waals surface area contributed by atoms with Crippen LogP contribution in [0.15, 0.2) is 30.3 Å². The first kappa shape index (κ1) is 12.3. The molecule has 4 nitrogen and oxygen atoms in total. The highest BCUT2D eigenvalue weighted by atomic mass is 19.4. The lowest BCUT2D eigenvalue weighted by Gasteiger charge is -2.08. The molecular weight excluding hydrogens is 251 g/mol. The van der Waals surface area contributed by atoms with Crippen LogP contribution in [-0.2, 0) is 15.8 Å². The van der Waals surface area contributed by atoms with Gasteiger partial charge in [0.2, 0.25) is 0 Å². The van der Waals surface area contributed by atoms with E-state index in [9.17, 15) is 22.8 Å². The smallest absolute Gasteiger partial charge is 0.278 e.